The molecule has 0 spiro atoms. The van der Waals surface area contributed by atoms with Crippen LogP contribution in [0.4, 0.5) is 10.7 Å². The molecule has 0 radical (unpaired) electrons. The van der Waals surface area contributed by atoms with Crippen LogP contribution in [0.5, 0.6) is 5.75 Å². The van der Waals surface area contributed by atoms with Gasteiger partial charge in [-0.2, -0.15) is 5.26 Å². The number of methoxy groups -OCH3 is 1. The maximum atomic E-state index is 13.8. The number of likely N-dealkylation sites (tertiary alicyclic amines) is 1. The molecular weight excluding hydrogens is 520 g/mol. The number of ether oxygens (including phenoxy) is 1. The smallest absolute Gasteiger partial charge is 0.328 e. The number of hydrogen-bond acceptors (Lipinski definition) is 9. The number of hydrogen-bond donors (Lipinski definition) is 1. The van der Waals surface area contributed by atoms with Crippen LogP contribution < -0.4 is 15.4 Å². The lowest BCUT2D eigenvalue weighted by molar-refractivity contribution is -0.137. The number of urea groups is 1. The van der Waals surface area contributed by atoms with Gasteiger partial charge in [-0.15, -0.1) is 0 Å². The zero-order valence-corrected chi connectivity index (χ0v) is 23.8. The van der Waals surface area contributed by atoms with E-state index >= 15 is 0 Å². The van der Waals surface area contributed by atoms with E-state index in [1.807, 2.05) is 23.1 Å². The van der Waals surface area contributed by atoms with Crippen LogP contribution in [0.15, 0.2) is 36.7 Å². The molecule has 11 nitrogen and oxygen atoms in total. The molecular formula is C30H40N8O3. The van der Waals surface area contributed by atoms with Gasteiger partial charge in [0, 0.05) is 45.3 Å². The molecule has 2 N–H and O–H groups in total. The molecule has 3 fully saturated rings. The molecule has 2 aromatic rings. The van der Waals surface area contributed by atoms with Crippen molar-refractivity contribution < 1.29 is 14.3 Å². The maximum absolute atomic E-state index is 13.8. The van der Waals surface area contributed by atoms with Crippen molar-refractivity contribution in [2.24, 2.45) is 11.7 Å². The second-order valence-corrected chi connectivity index (χ2v) is 11.3. The number of nitrogens with zero attached hydrogens (tertiary/aromatic N) is 7. The van der Waals surface area contributed by atoms with Crippen molar-refractivity contribution in [2.75, 3.05) is 44.7 Å². The Balaban J connectivity index is 1.19. The van der Waals surface area contributed by atoms with E-state index in [1.165, 1.54) is 4.90 Å². The molecule has 3 aliphatic rings. The summed E-state index contributed by atoms with van der Waals surface area (Å²) >= 11 is 0. The number of benzene rings is 1. The van der Waals surface area contributed by atoms with Crippen LogP contribution in [0.2, 0.25) is 0 Å². The van der Waals surface area contributed by atoms with Crippen molar-refractivity contribution in [2.45, 2.75) is 63.7 Å². The molecule has 1 aromatic heterocycles. The standard InChI is InChI=1S/C30H40N8O3/c1-41-26-18-33-29(34-19-26)35-13-9-22(10-14-35)7-3-12-37-28(39)16-27(36-11-4-8-25(32)21-36)38(30(37)40)20-24-6-2-5-23(15-24)17-31/h2,5-6,15,18-19,22,25,27H,3-4,7-14,16,20-21,32H2,1H3. The van der Waals surface area contributed by atoms with Crippen molar-refractivity contribution in [3.63, 3.8) is 0 Å². The number of nitriles is 1. The monoisotopic (exact) mass is 560 g/mol. The molecule has 3 aliphatic heterocycles. The number of rotatable bonds is 9. The van der Waals surface area contributed by atoms with E-state index in [4.69, 9.17) is 10.5 Å². The Hall–Kier alpha value is -3.75. The fourth-order valence-corrected chi connectivity index (χ4v) is 6.27. The molecule has 3 saturated heterocycles. The average Bonchev–Trinajstić information content (AvgIpc) is 3.00. The lowest BCUT2D eigenvalue weighted by atomic mass is 9.92. The van der Waals surface area contributed by atoms with Crippen LogP contribution in [0.3, 0.4) is 0 Å². The van der Waals surface area contributed by atoms with E-state index < -0.39 is 0 Å². The minimum absolute atomic E-state index is 0.0402. The minimum atomic E-state index is -0.326. The van der Waals surface area contributed by atoms with E-state index in [0.29, 0.717) is 36.9 Å². The first kappa shape index (κ1) is 28.8. The van der Waals surface area contributed by atoms with Gasteiger partial charge in [-0.05, 0) is 62.1 Å². The van der Waals surface area contributed by atoms with Crippen molar-refractivity contribution >= 4 is 17.9 Å². The predicted octanol–water partition coefficient (Wildman–Crippen LogP) is 2.96. The third-order valence-corrected chi connectivity index (χ3v) is 8.56. The lowest BCUT2D eigenvalue weighted by Crippen LogP contribution is -2.63. The second kappa shape index (κ2) is 13.3. The molecule has 41 heavy (non-hydrogen) atoms. The molecule has 11 heteroatoms. The normalized spacial score (nSPS) is 22.6. The fourth-order valence-electron chi connectivity index (χ4n) is 6.27. The summed E-state index contributed by atoms with van der Waals surface area (Å²) in [6.45, 7) is 4.01. The summed E-state index contributed by atoms with van der Waals surface area (Å²) in [7, 11) is 1.60. The average molecular weight is 561 g/mol. The highest BCUT2D eigenvalue weighted by Crippen LogP contribution is 2.28. The summed E-state index contributed by atoms with van der Waals surface area (Å²) in [4.78, 5) is 43.6. The highest BCUT2D eigenvalue weighted by molar-refractivity contribution is 5.97. The highest BCUT2D eigenvalue weighted by Gasteiger charge is 2.42. The summed E-state index contributed by atoms with van der Waals surface area (Å²) in [5.74, 6) is 1.78. The Bertz CT molecular complexity index is 1240. The summed E-state index contributed by atoms with van der Waals surface area (Å²) < 4.78 is 5.15. The van der Waals surface area contributed by atoms with Gasteiger partial charge >= 0.3 is 6.03 Å². The van der Waals surface area contributed by atoms with E-state index in [1.54, 1.807) is 25.6 Å². The summed E-state index contributed by atoms with van der Waals surface area (Å²) in [6, 6.07) is 9.30. The molecule has 218 valence electrons. The van der Waals surface area contributed by atoms with E-state index in [0.717, 1.165) is 69.7 Å². The van der Waals surface area contributed by atoms with Crippen LogP contribution in [-0.4, -0.2) is 88.6 Å². The lowest BCUT2D eigenvalue weighted by Gasteiger charge is -2.47. The molecule has 2 atom stereocenters. The van der Waals surface area contributed by atoms with Gasteiger partial charge < -0.3 is 20.3 Å². The zero-order chi connectivity index (χ0) is 28.8. The summed E-state index contributed by atoms with van der Waals surface area (Å²) in [5.41, 5.74) is 7.70. The fraction of sp³-hybridized carbons (Fsp3) is 0.567. The third-order valence-electron chi connectivity index (χ3n) is 8.56. The highest BCUT2D eigenvalue weighted by atomic mass is 16.5. The van der Waals surface area contributed by atoms with Crippen LogP contribution in [0.25, 0.3) is 0 Å². The van der Waals surface area contributed by atoms with Crippen molar-refractivity contribution in [3.05, 3.63) is 47.8 Å². The van der Waals surface area contributed by atoms with Crippen molar-refractivity contribution in [1.82, 2.24) is 24.7 Å². The van der Waals surface area contributed by atoms with E-state index in [-0.39, 0.29) is 30.6 Å². The Morgan fingerprint density at radius 3 is 2.61 bits per heavy atom. The molecule has 0 saturated carbocycles. The molecule has 1 aromatic carbocycles. The SMILES string of the molecule is COc1cnc(N2CCC(CCCN3C(=O)CC(N4CCCC(N)C4)N(Cc4cccc(C#N)c4)C3=O)CC2)nc1. The number of carbonyl (C=O) groups is 2. The van der Waals surface area contributed by atoms with Crippen LogP contribution >= 0.6 is 0 Å². The van der Waals surface area contributed by atoms with Gasteiger partial charge in [0.15, 0.2) is 5.75 Å². The Labute approximate surface area is 241 Å². The van der Waals surface area contributed by atoms with Gasteiger partial charge in [-0.3, -0.25) is 14.6 Å². The molecule has 5 rings (SSSR count). The van der Waals surface area contributed by atoms with E-state index in [9.17, 15) is 14.9 Å². The summed E-state index contributed by atoms with van der Waals surface area (Å²) in [5, 5.41) is 9.36. The summed E-state index contributed by atoms with van der Waals surface area (Å²) in [6.07, 6.45) is 9.00. The van der Waals surface area contributed by atoms with Gasteiger partial charge in [-0.1, -0.05) is 12.1 Å². The molecule has 4 heterocycles. The van der Waals surface area contributed by atoms with Crippen LogP contribution in [0.1, 0.15) is 56.1 Å². The van der Waals surface area contributed by atoms with Crippen molar-refractivity contribution in [3.8, 4) is 11.8 Å². The first-order chi connectivity index (χ1) is 19.9. The Morgan fingerprint density at radius 2 is 1.90 bits per heavy atom. The number of imide groups is 1. The number of anilines is 1. The molecule has 3 amide bonds. The molecule has 0 bridgehead atoms. The first-order valence-corrected chi connectivity index (χ1v) is 14.7. The largest absolute Gasteiger partial charge is 0.494 e. The van der Waals surface area contributed by atoms with Crippen LogP contribution in [-0.2, 0) is 11.3 Å². The van der Waals surface area contributed by atoms with E-state index in [2.05, 4.69) is 25.8 Å². The second-order valence-electron chi connectivity index (χ2n) is 11.3. The van der Waals surface area contributed by atoms with Gasteiger partial charge in [0.05, 0.1) is 43.7 Å². The van der Waals surface area contributed by atoms with Crippen LogP contribution in [0, 0.1) is 17.2 Å². The quantitative estimate of drug-likeness (QED) is 0.492. The first-order valence-electron chi connectivity index (χ1n) is 14.7. The minimum Gasteiger partial charge on any atom is -0.494 e. The topological polar surface area (TPSA) is 132 Å². The number of aromatic nitrogens is 2. The van der Waals surface area contributed by atoms with Crippen molar-refractivity contribution in [1.29, 1.82) is 5.26 Å². The maximum Gasteiger partial charge on any atom is 0.328 e. The van der Waals surface area contributed by atoms with Gasteiger partial charge in [0.1, 0.15) is 0 Å². The Morgan fingerprint density at radius 1 is 1.12 bits per heavy atom. The molecule has 2 unspecified atom stereocenters. The Kier molecular flexibility index (Phi) is 9.31. The number of carbonyl (C=O) groups excluding carboxylic acids is 2. The number of amides is 3. The molecule has 0 aliphatic carbocycles. The predicted molar refractivity (Wildman–Crippen MR) is 154 cm³/mol. The van der Waals surface area contributed by atoms with Gasteiger partial charge in [-0.25, -0.2) is 14.8 Å². The zero-order valence-electron chi connectivity index (χ0n) is 23.8. The number of nitrogens with two attached hydrogens (primary N) is 1. The van der Waals surface area contributed by atoms with Gasteiger partial charge in [0.2, 0.25) is 11.9 Å². The number of piperidine rings is 2. The third kappa shape index (κ3) is 6.94. The van der Waals surface area contributed by atoms with Gasteiger partial charge in [0.25, 0.3) is 0 Å².